The Morgan fingerprint density at radius 2 is 1.57 bits per heavy atom. The monoisotopic (exact) mass is 755 g/mol. The summed E-state index contributed by atoms with van der Waals surface area (Å²) < 4.78 is 43.8. The Balaban J connectivity index is 1.79. The van der Waals surface area contributed by atoms with Gasteiger partial charge in [0.1, 0.15) is 5.41 Å². The van der Waals surface area contributed by atoms with E-state index in [2.05, 4.69) is 27.9 Å². The first-order chi connectivity index (χ1) is 22.5. The molecule has 0 spiro atoms. The van der Waals surface area contributed by atoms with Gasteiger partial charge < -0.3 is 20.2 Å². The van der Waals surface area contributed by atoms with Gasteiger partial charge in [0.25, 0.3) is 5.91 Å². The first kappa shape index (κ1) is 34.6. The number of aliphatic hydroxyl groups excluding tert-OH is 1. The molecule has 4 aromatic carbocycles. The highest BCUT2D eigenvalue weighted by atomic mass is 127. The van der Waals surface area contributed by atoms with Crippen molar-refractivity contribution >= 4 is 34.4 Å². The first-order valence-corrected chi connectivity index (χ1v) is 16.5. The fourth-order valence-electron chi connectivity index (χ4n) is 6.51. The number of nitrogens with zero attached hydrogens (tertiary/aromatic N) is 2. The molecule has 0 bridgehead atoms. The zero-order chi connectivity index (χ0) is 33.8. The van der Waals surface area contributed by atoms with Gasteiger partial charge in [-0.15, -0.1) is 0 Å². The van der Waals surface area contributed by atoms with Crippen LogP contribution in [0.5, 0.6) is 0 Å². The van der Waals surface area contributed by atoms with Crippen LogP contribution in [0.4, 0.5) is 13.2 Å². The molecule has 2 amide bonds. The lowest BCUT2D eigenvalue weighted by atomic mass is 9.63. The number of hydrogen-bond donors (Lipinski definition) is 2. The van der Waals surface area contributed by atoms with Crippen molar-refractivity contribution in [3.63, 3.8) is 0 Å². The number of hydrogen-bond acceptors (Lipinski definition) is 4. The van der Waals surface area contributed by atoms with E-state index < -0.39 is 29.1 Å². The molecule has 6 nitrogen and oxygen atoms in total. The molecule has 10 heteroatoms. The maximum absolute atomic E-state index is 15.0. The van der Waals surface area contributed by atoms with Gasteiger partial charge in [0.15, 0.2) is 0 Å². The van der Waals surface area contributed by atoms with Gasteiger partial charge in [-0.25, -0.2) is 0 Å². The van der Waals surface area contributed by atoms with Crippen molar-refractivity contribution in [2.24, 2.45) is 0 Å². The number of rotatable bonds is 11. The topological polar surface area (TPSA) is 72.9 Å². The lowest BCUT2D eigenvalue weighted by Gasteiger charge is -2.50. The molecule has 0 saturated heterocycles. The van der Waals surface area contributed by atoms with Crippen molar-refractivity contribution in [1.29, 1.82) is 0 Å². The lowest BCUT2D eigenvalue weighted by molar-refractivity contribution is -0.139. The molecule has 0 fully saturated rings. The van der Waals surface area contributed by atoms with Crippen LogP contribution in [0.3, 0.4) is 0 Å². The number of alkyl halides is 3. The SMILES string of the molecule is CN(C)CCCNC(=O)[C@@]1(Cc2ccccc2I)c2ccccc2C(=O)N(Cc2ccccc2C(F)(F)F)[C@H]1c1ccc(CO)cc1. The molecule has 0 unspecified atom stereocenters. The Morgan fingerprint density at radius 1 is 0.936 bits per heavy atom. The summed E-state index contributed by atoms with van der Waals surface area (Å²) >= 11 is 2.23. The predicted molar refractivity (Wildman–Crippen MR) is 184 cm³/mol. The van der Waals surface area contributed by atoms with E-state index >= 15 is 0 Å². The van der Waals surface area contributed by atoms with Crippen molar-refractivity contribution in [3.8, 4) is 0 Å². The minimum atomic E-state index is -4.65. The van der Waals surface area contributed by atoms with Crippen LogP contribution in [-0.2, 0) is 36.0 Å². The number of carbonyl (C=O) groups is 2. The van der Waals surface area contributed by atoms with Crippen LogP contribution in [0.1, 0.15) is 56.2 Å². The molecule has 0 aromatic heterocycles. The summed E-state index contributed by atoms with van der Waals surface area (Å²) in [5.41, 5.74) is 0.522. The number of nitrogens with one attached hydrogen (secondary N) is 1. The van der Waals surface area contributed by atoms with E-state index in [0.29, 0.717) is 29.7 Å². The van der Waals surface area contributed by atoms with E-state index in [1.165, 1.54) is 23.1 Å². The summed E-state index contributed by atoms with van der Waals surface area (Å²) in [5.74, 6) is -0.784. The fraction of sp³-hybridized carbons (Fsp3) is 0.297. The summed E-state index contributed by atoms with van der Waals surface area (Å²) in [6, 6.07) is 25.8. The van der Waals surface area contributed by atoms with Gasteiger partial charge in [-0.3, -0.25) is 9.59 Å². The lowest BCUT2D eigenvalue weighted by Crippen LogP contribution is -2.59. The highest BCUT2D eigenvalue weighted by Crippen LogP contribution is 2.51. The van der Waals surface area contributed by atoms with Crippen LogP contribution in [0.15, 0.2) is 97.1 Å². The third-order valence-electron chi connectivity index (χ3n) is 8.72. The van der Waals surface area contributed by atoms with Gasteiger partial charge in [-0.05, 0) is 102 Å². The van der Waals surface area contributed by atoms with E-state index in [-0.39, 0.29) is 36.6 Å². The maximum atomic E-state index is 15.0. The predicted octanol–water partition coefficient (Wildman–Crippen LogP) is 6.75. The average Bonchev–Trinajstić information content (AvgIpc) is 3.06. The van der Waals surface area contributed by atoms with E-state index in [1.807, 2.05) is 43.3 Å². The number of aliphatic hydroxyl groups is 1. The molecule has 5 rings (SSSR count). The normalized spacial score (nSPS) is 17.9. The van der Waals surface area contributed by atoms with E-state index in [1.54, 1.807) is 48.5 Å². The smallest absolute Gasteiger partial charge is 0.392 e. The van der Waals surface area contributed by atoms with Crippen molar-refractivity contribution in [2.45, 2.75) is 43.6 Å². The van der Waals surface area contributed by atoms with E-state index in [0.717, 1.165) is 21.7 Å². The zero-order valence-electron chi connectivity index (χ0n) is 26.2. The second-order valence-electron chi connectivity index (χ2n) is 12.1. The molecule has 0 radical (unpaired) electrons. The summed E-state index contributed by atoms with van der Waals surface area (Å²) in [6.45, 7) is 0.519. The Bertz CT molecular complexity index is 1730. The Labute approximate surface area is 286 Å². The van der Waals surface area contributed by atoms with Crippen molar-refractivity contribution in [2.75, 3.05) is 27.2 Å². The molecule has 0 aliphatic carbocycles. The molecule has 2 N–H and O–H groups in total. The van der Waals surface area contributed by atoms with E-state index in [4.69, 9.17) is 0 Å². The minimum absolute atomic E-state index is 0.0701. The molecule has 1 aliphatic rings. The Morgan fingerprint density at radius 3 is 2.23 bits per heavy atom. The molecular weight excluding hydrogens is 718 g/mol. The van der Waals surface area contributed by atoms with Gasteiger partial charge in [0, 0.05) is 22.2 Å². The molecule has 1 heterocycles. The molecule has 0 saturated carbocycles. The van der Waals surface area contributed by atoms with Crippen molar-refractivity contribution in [1.82, 2.24) is 15.1 Å². The van der Waals surface area contributed by atoms with Crippen LogP contribution in [0.2, 0.25) is 0 Å². The largest absolute Gasteiger partial charge is 0.416 e. The molecule has 1 aliphatic heterocycles. The Hall–Kier alpha value is -3.74. The second kappa shape index (κ2) is 14.6. The molecule has 2 atom stereocenters. The third kappa shape index (κ3) is 7.24. The van der Waals surface area contributed by atoms with Crippen LogP contribution < -0.4 is 5.32 Å². The number of amides is 2. The minimum Gasteiger partial charge on any atom is -0.392 e. The van der Waals surface area contributed by atoms with Gasteiger partial charge in [-0.1, -0.05) is 78.9 Å². The highest BCUT2D eigenvalue weighted by molar-refractivity contribution is 14.1. The van der Waals surface area contributed by atoms with Crippen LogP contribution in [0.25, 0.3) is 0 Å². The fourth-order valence-corrected chi connectivity index (χ4v) is 7.09. The third-order valence-corrected chi connectivity index (χ3v) is 9.77. The van der Waals surface area contributed by atoms with E-state index in [9.17, 15) is 27.9 Å². The summed E-state index contributed by atoms with van der Waals surface area (Å²) in [6.07, 6.45) is -3.79. The molecule has 47 heavy (non-hydrogen) atoms. The quantitative estimate of drug-likeness (QED) is 0.131. The number of benzene rings is 4. The van der Waals surface area contributed by atoms with Gasteiger partial charge in [0.05, 0.1) is 18.2 Å². The van der Waals surface area contributed by atoms with Crippen LogP contribution in [0, 0.1) is 3.57 Å². The zero-order valence-corrected chi connectivity index (χ0v) is 28.4. The average molecular weight is 756 g/mol. The summed E-state index contributed by atoms with van der Waals surface area (Å²) in [5, 5.41) is 13.0. The summed E-state index contributed by atoms with van der Waals surface area (Å²) in [7, 11) is 3.90. The molecular formula is C37H37F3IN3O3. The number of fused-ring (bicyclic) bond motifs is 1. The molecule has 4 aromatic rings. The van der Waals surface area contributed by atoms with Crippen LogP contribution in [-0.4, -0.2) is 53.9 Å². The van der Waals surface area contributed by atoms with Crippen molar-refractivity contribution in [3.05, 3.63) is 140 Å². The Kier molecular flexibility index (Phi) is 10.7. The molecule has 246 valence electrons. The number of halogens is 4. The van der Waals surface area contributed by atoms with Crippen molar-refractivity contribution < 1.29 is 27.9 Å². The summed E-state index contributed by atoms with van der Waals surface area (Å²) in [4.78, 5) is 33.0. The highest BCUT2D eigenvalue weighted by Gasteiger charge is 2.56. The first-order valence-electron chi connectivity index (χ1n) is 15.4. The maximum Gasteiger partial charge on any atom is 0.416 e. The van der Waals surface area contributed by atoms with Gasteiger partial charge in [0.2, 0.25) is 5.91 Å². The van der Waals surface area contributed by atoms with Gasteiger partial charge >= 0.3 is 6.18 Å². The number of carbonyl (C=O) groups excluding carboxylic acids is 2. The second-order valence-corrected chi connectivity index (χ2v) is 13.3. The van der Waals surface area contributed by atoms with Crippen LogP contribution >= 0.6 is 22.6 Å². The van der Waals surface area contributed by atoms with Gasteiger partial charge in [-0.2, -0.15) is 13.2 Å². The standard InChI is InChI=1S/C37H37F3IN3O3/c1-43(2)21-9-20-42-35(47)36(22-27-10-4-8-15-32(27)41)31-14-7-5-12-29(31)34(46)44(33(36)26-18-16-25(24-45)17-19-26)23-28-11-3-6-13-30(28)37(38,39)40/h3-8,10-19,33,45H,9,20-24H2,1-2H3,(H,42,47)/t33-,36-/m0/s1.